The Labute approximate surface area is 233 Å². The number of nitrogens with one attached hydrogen (secondary N) is 2. The number of hydrogen-bond donors (Lipinski definition) is 2. The lowest BCUT2D eigenvalue weighted by Crippen LogP contribution is -2.18. The first-order valence-electron chi connectivity index (χ1n) is 12.0. The van der Waals surface area contributed by atoms with Crippen LogP contribution in [-0.2, 0) is 10.0 Å². The number of sulfonamides is 1. The summed E-state index contributed by atoms with van der Waals surface area (Å²) < 4.78 is 25.8. The zero-order chi connectivity index (χ0) is 26.4. The maximum absolute atomic E-state index is 11.7. The second-order valence-electron chi connectivity index (χ2n) is 8.75. The van der Waals surface area contributed by atoms with Crippen LogP contribution in [0, 0.1) is 0 Å². The first-order chi connectivity index (χ1) is 17.7. The van der Waals surface area contributed by atoms with Crippen molar-refractivity contribution in [1.82, 2.24) is 14.7 Å². The Morgan fingerprint density at radius 2 is 1.19 bits per heavy atom. The summed E-state index contributed by atoms with van der Waals surface area (Å²) >= 11 is 17.7. The van der Waals surface area contributed by atoms with Crippen molar-refractivity contribution in [1.29, 1.82) is 0 Å². The molecule has 5 rings (SSSR count). The van der Waals surface area contributed by atoms with Gasteiger partial charge in [-0.3, -0.25) is 0 Å². The molecule has 2 saturated heterocycles. The number of halogens is 3. The van der Waals surface area contributed by atoms with Gasteiger partial charge in [-0.2, -0.15) is 0 Å². The number of benzene rings is 1. The van der Waals surface area contributed by atoms with Crippen molar-refractivity contribution in [2.45, 2.75) is 30.6 Å². The predicted molar refractivity (Wildman–Crippen MR) is 152 cm³/mol. The predicted octanol–water partition coefficient (Wildman–Crippen LogP) is 5.98. The fourth-order valence-corrected chi connectivity index (χ4v) is 5.68. The Morgan fingerprint density at radius 3 is 1.68 bits per heavy atom. The van der Waals surface area contributed by atoms with Gasteiger partial charge in [0.2, 0.25) is 10.0 Å². The number of rotatable bonds is 6. The maximum Gasteiger partial charge on any atom is 0.240 e. The van der Waals surface area contributed by atoms with Crippen LogP contribution in [0.25, 0.3) is 0 Å². The van der Waals surface area contributed by atoms with E-state index in [2.05, 4.69) is 29.8 Å². The minimum atomic E-state index is -3.43. The molecule has 0 bridgehead atoms. The first kappa shape index (κ1) is 27.7. The molecule has 0 amide bonds. The minimum absolute atomic E-state index is 0.215. The van der Waals surface area contributed by atoms with Crippen molar-refractivity contribution in [3.8, 4) is 0 Å². The highest BCUT2D eigenvalue weighted by Crippen LogP contribution is 2.28. The zero-order valence-electron chi connectivity index (χ0n) is 20.4. The molecular formula is C25H29Cl3N6O2S. The van der Waals surface area contributed by atoms with Gasteiger partial charge in [-0.15, -0.1) is 0 Å². The Hall–Kier alpha value is -2.30. The average Bonchev–Trinajstić information content (AvgIpc) is 3.59. The van der Waals surface area contributed by atoms with Crippen LogP contribution in [-0.4, -0.2) is 51.6 Å². The van der Waals surface area contributed by atoms with Crippen molar-refractivity contribution in [3.05, 3.63) is 64.0 Å². The molecule has 8 nitrogen and oxygen atoms in total. The van der Waals surface area contributed by atoms with Crippen molar-refractivity contribution < 1.29 is 8.42 Å². The number of nitrogens with zero attached hydrogens (tertiary/aromatic N) is 4. The van der Waals surface area contributed by atoms with E-state index in [1.165, 1.54) is 32.7 Å². The molecule has 2 aliphatic rings. The lowest BCUT2D eigenvalue weighted by molar-refractivity contribution is 0.588. The van der Waals surface area contributed by atoms with Gasteiger partial charge in [0, 0.05) is 49.3 Å². The summed E-state index contributed by atoms with van der Waals surface area (Å²) in [5.74, 6) is 0.633. The summed E-state index contributed by atoms with van der Waals surface area (Å²) in [5.41, 5.74) is 2.87. The Morgan fingerprint density at radius 1 is 0.730 bits per heavy atom. The summed E-state index contributed by atoms with van der Waals surface area (Å²) in [6.45, 7) is 4.24. The van der Waals surface area contributed by atoms with E-state index >= 15 is 0 Å². The topological polar surface area (TPSA) is 90.5 Å². The minimum Gasteiger partial charge on any atom is -0.371 e. The number of hydrogen-bond acceptors (Lipinski definition) is 7. The maximum atomic E-state index is 11.7. The normalized spacial score (nSPS) is 15.5. The fourth-order valence-electron chi connectivity index (χ4n) is 4.30. The summed E-state index contributed by atoms with van der Waals surface area (Å²) in [6, 6.07) is 14.0. The summed E-state index contributed by atoms with van der Waals surface area (Å²) in [6.07, 6.45) is 4.86. The SMILES string of the molecule is CNS(=O)(=O)c1ccc(Nc2cc(N3CCCC3)cc(Cl)n2)cc1.Clc1cc(N2CCCC2)cc(Cl)n1. The quantitative estimate of drug-likeness (QED) is 0.345. The van der Waals surface area contributed by atoms with E-state index in [-0.39, 0.29) is 4.90 Å². The van der Waals surface area contributed by atoms with Gasteiger partial charge >= 0.3 is 0 Å². The van der Waals surface area contributed by atoms with Crippen LogP contribution in [0.3, 0.4) is 0 Å². The lowest BCUT2D eigenvalue weighted by Gasteiger charge is -2.18. The van der Waals surface area contributed by atoms with Crippen molar-refractivity contribution in [3.63, 3.8) is 0 Å². The Kier molecular flexibility index (Phi) is 9.36. The van der Waals surface area contributed by atoms with E-state index in [9.17, 15) is 8.42 Å². The molecule has 4 heterocycles. The van der Waals surface area contributed by atoms with Crippen LogP contribution in [0.15, 0.2) is 53.4 Å². The Bertz CT molecular complexity index is 1290. The first-order valence-corrected chi connectivity index (χ1v) is 14.7. The van der Waals surface area contributed by atoms with Gasteiger partial charge in [-0.25, -0.2) is 23.1 Å². The molecule has 3 aromatic rings. The second-order valence-corrected chi connectivity index (χ2v) is 11.8. The van der Waals surface area contributed by atoms with E-state index in [0.29, 0.717) is 21.3 Å². The summed E-state index contributed by atoms with van der Waals surface area (Å²) in [5, 5.41) is 4.53. The zero-order valence-corrected chi connectivity index (χ0v) is 23.5. The third kappa shape index (κ3) is 7.61. The van der Waals surface area contributed by atoms with Crippen LogP contribution in [0.1, 0.15) is 25.7 Å². The standard InChI is InChI=1S/C16H19ClN4O2S.C9H10Cl2N2/c1-18-24(22,23)14-6-4-12(5-7-14)19-16-11-13(10-15(17)20-16)21-8-2-3-9-21;10-8-5-7(6-9(11)12-8)13-3-1-2-4-13/h4-7,10-11,18H,2-3,8-9H2,1H3,(H,19,20);5-6H,1-4H2. The van der Waals surface area contributed by atoms with Crippen molar-refractivity contribution in [2.75, 3.05) is 48.3 Å². The molecule has 1 aromatic carbocycles. The van der Waals surface area contributed by atoms with Crippen LogP contribution >= 0.6 is 34.8 Å². The van der Waals surface area contributed by atoms with Crippen molar-refractivity contribution >= 4 is 67.7 Å². The fraction of sp³-hybridized carbons (Fsp3) is 0.360. The summed E-state index contributed by atoms with van der Waals surface area (Å²) in [7, 11) is -2.05. The van der Waals surface area contributed by atoms with E-state index in [1.807, 2.05) is 24.3 Å². The highest BCUT2D eigenvalue weighted by molar-refractivity contribution is 7.89. The monoisotopic (exact) mass is 582 g/mol. The molecular weight excluding hydrogens is 555 g/mol. The third-order valence-corrected chi connectivity index (χ3v) is 8.19. The van der Waals surface area contributed by atoms with E-state index in [1.54, 1.807) is 24.3 Å². The van der Waals surface area contributed by atoms with Gasteiger partial charge in [-0.05, 0) is 75.2 Å². The third-order valence-electron chi connectivity index (χ3n) is 6.17. The molecule has 2 aliphatic heterocycles. The molecule has 2 N–H and O–H groups in total. The van der Waals surface area contributed by atoms with Crippen LogP contribution < -0.4 is 19.8 Å². The molecule has 198 valence electrons. The number of aromatic nitrogens is 2. The molecule has 0 atom stereocenters. The van der Waals surface area contributed by atoms with Crippen LogP contribution in [0.4, 0.5) is 22.9 Å². The molecule has 0 aliphatic carbocycles. The van der Waals surface area contributed by atoms with Gasteiger partial charge in [0.25, 0.3) is 0 Å². The molecule has 0 radical (unpaired) electrons. The second kappa shape index (κ2) is 12.5. The van der Waals surface area contributed by atoms with Gasteiger partial charge in [0.1, 0.15) is 21.3 Å². The van der Waals surface area contributed by atoms with Gasteiger partial charge < -0.3 is 15.1 Å². The molecule has 0 spiro atoms. The van der Waals surface area contributed by atoms with E-state index in [4.69, 9.17) is 34.8 Å². The van der Waals surface area contributed by atoms with Gasteiger partial charge in [0.05, 0.1) is 4.90 Å². The number of pyridine rings is 2. The van der Waals surface area contributed by atoms with Gasteiger partial charge in [-0.1, -0.05) is 34.8 Å². The number of anilines is 4. The molecule has 0 unspecified atom stereocenters. The highest BCUT2D eigenvalue weighted by Gasteiger charge is 2.15. The van der Waals surface area contributed by atoms with Crippen LogP contribution in [0.2, 0.25) is 15.5 Å². The van der Waals surface area contributed by atoms with Crippen LogP contribution in [0.5, 0.6) is 0 Å². The smallest absolute Gasteiger partial charge is 0.240 e. The largest absolute Gasteiger partial charge is 0.371 e. The lowest BCUT2D eigenvalue weighted by atomic mass is 10.3. The molecule has 2 fully saturated rings. The highest BCUT2D eigenvalue weighted by atomic mass is 35.5. The van der Waals surface area contributed by atoms with Gasteiger partial charge in [0.15, 0.2) is 0 Å². The molecule has 2 aromatic heterocycles. The van der Waals surface area contributed by atoms with E-state index in [0.717, 1.165) is 43.2 Å². The summed E-state index contributed by atoms with van der Waals surface area (Å²) in [4.78, 5) is 13.0. The van der Waals surface area contributed by atoms with Crippen molar-refractivity contribution in [2.24, 2.45) is 0 Å². The molecule has 37 heavy (non-hydrogen) atoms. The Balaban J connectivity index is 0.000000207. The van der Waals surface area contributed by atoms with E-state index < -0.39 is 10.0 Å². The average molecular weight is 584 g/mol. The molecule has 12 heteroatoms. The molecule has 0 saturated carbocycles.